The lowest BCUT2D eigenvalue weighted by atomic mass is 10.2. The average Bonchev–Trinajstić information content (AvgIpc) is 2.82. The van der Waals surface area contributed by atoms with Crippen LogP contribution >= 0.6 is 15.9 Å². The van der Waals surface area contributed by atoms with Crippen molar-refractivity contribution in [2.24, 2.45) is 0 Å². The lowest BCUT2D eigenvalue weighted by molar-refractivity contribution is 1.17. The average molecular weight is 299 g/mol. The molecular weight excluding hydrogens is 292 g/mol. The number of hydrogen-bond donors (Lipinski definition) is 0. The molecule has 0 saturated carbocycles. The summed E-state index contributed by atoms with van der Waals surface area (Å²) in [6.45, 7) is 0. The first kappa shape index (κ1) is 9.96. The van der Waals surface area contributed by atoms with Gasteiger partial charge >= 0.3 is 0 Å². The van der Waals surface area contributed by atoms with E-state index in [1.165, 1.54) is 0 Å². The van der Waals surface area contributed by atoms with Crippen molar-refractivity contribution in [1.82, 2.24) is 19.4 Å². The molecule has 86 valence electrons. The molecule has 4 rings (SSSR count). The minimum absolute atomic E-state index is 0.864. The summed E-state index contributed by atoms with van der Waals surface area (Å²) in [5, 5.41) is 2.06. The van der Waals surface area contributed by atoms with Crippen LogP contribution in [-0.4, -0.2) is 19.4 Å². The minimum Gasteiger partial charge on any atom is -0.270 e. The number of hydrogen-bond acceptors (Lipinski definition) is 3. The van der Waals surface area contributed by atoms with Crippen molar-refractivity contribution in [2.75, 3.05) is 0 Å². The lowest BCUT2D eigenvalue weighted by Gasteiger charge is -2.06. The van der Waals surface area contributed by atoms with Crippen LogP contribution in [0.4, 0.5) is 0 Å². The third kappa shape index (κ3) is 1.17. The smallest absolute Gasteiger partial charge is 0.148 e. The van der Waals surface area contributed by atoms with Crippen LogP contribution in [0.25, 0.3) is 27.6 Å². The summed E-state index contributed by atoms with van der Waals surface area (Å²) >= 11 is 3.51. The molecular formula is C13H7BrN4. The molecule has 0 N–H and O–H groups in total. The molecule has 0 atom stereocenters. The first-order valence-electron chi connectivity index (χ1n) is 5.50. The van der Waals surface area contributed by atoms with Gasteiger partial charge in [0.2, 0.25) is 0 Å². The molecule has 0 aliphatic heterocycles. The van der Waals surface area contributed by atoms with Crippen molar-refractivity contribution in [3.05, 3.63) is 47.5 Å². The van der Waals surface area contributed by atoms with E-state index in [0.717, 1.165) is 32.2 Å². The van der Waals surface area contributed by atoms with Gasteiger partial charge in [-0.2, -0.15) is 0 Å². The van der Waals surface area contributed by atoms with Gasteiger partial charge in [-0.25, -0.2) is 9.97 Å². The van der Waals surface area contributed by atoms with Crippen LogP contribution < -0.4 is 0 Å². The Morgan fingerprint density at radius 1 is 0.889 bits per heavy atom. The van der Waals surface area contributed by atoms with Gasteiger partial charge in [0.25, 0.3) is 0 Å². The summed E-state index contributed by atoms with van der Waals surface area (Å²) in [5.74, 6) is 0. The zero-order valence-corrected chi connectivity index (χ0v) is 10.8. The van der Waals surface area contributed by atoms with E-state index in [0.29, 0.717) is 0 Å². The molecule has 4 nitrogen and oxygen atoms in total. The van der Waals surface area contributed by atoms with Gasteiger partial charge in [0.1, 0.15) is 15.9 Å². The first-order chi connectivity index (χ1) is 8.86. The first-order valence-corrected chi connectivity index (χ1v) is 6.30. The highest BCUT2D eigenvalue weighted by atomic mass is 79.9. The van der Waals surface area contributed by atoms with Gasteiger partial charge in [-0.15, -0.1) is 0 Å². The van der Waals surface area contributed by atoms with Crippen LogP contribution in [0.5, 0.6) is 0 Å². The molecule has 0 fully saturated rings. The summed E-state index contributed by atoms with van der Waals surface area (Å²) in [7, 11) is 0. The maximum absolute atomic E-state index is 4.46. The largest absolute Gasteiger partial charge is 0.270 e. The van der Waals surface area contributed by atoms with Crippen molar-refractivity contribution in [3.8, 4) is 0 Å². The molecule has 0 saturated heterocycles. The number of fused-ring (bicyclic) bond motifs is 6. The summed E-state index contributed by atoms with van der Waals surface area (Å²) in [5.41, 5.74) is 2.67. The number of rotatable bonds is 0. The molecule has 4 aromatic rings. The Bertz CT molecular complexity index is 897. The van der Waals surface area contributed by atoms with Gasteiger partial charge in [0.15, 0.2) is 0 Å². The van der Waals surface area contributed by atoms with E-state index in [2.05, 4.69) is 30.9 Å². The van der Waals surface area contributed by atoms with Crippen molar-refractivity contribution in [1.29, 1.82) is 0 Å². The highest BCUT2D eigenvalue weighted by Gasteiger charge is 2.12. The van der Waals surface area contributed by atoms with Gasteiger partial charge in [-0.1, -0.05) is 0 Å². The zero-order valence-electron chi connectivity index (χ0n) is 9.21. The lowest BCUT2D eigenvalue weighted by Crippen LogP contribution is -1.94. The number of pyridine rings is 3. The van der Waals surface area contributed by atoms with Gasteiger partial charge in [-0.3, -0.25) is 9.38 Å². The van der Waals surface area contributed by atoms with Crippen LogP contribution in [0.15, 0.2) is 47.5 Å². The molecule has 0 amide bonds. The van der Waals surface area contributed by atoms with E-state index < -0.39 is 0 Å². The zero-order chi connectivity index (χ0) is 12.1. The Morgan fingerprint density at radius 3 is 2.33 bits per heavy atom. The fourth-order valence-electron chi connectivity index (χ4n) is 2.28. The van der Waals surface area contributed by atoms with Gasteiger partial charge in [-0.05, 0) is 40.2 Å². The monoisotopic (exact) mass is 298 g/mol. The predicted molar refractivity (Wildman–Crippen MR) is 73.5 cm³/mol. The normalized spacial score (nSPS) is 11.6. The molecule has 18 heavy (non-hydrogen) atoms. The molecule has 0 aliphatic rings. The van der Waals surface area contributed by atoms with E-state index in [9.17, 15) is 0 Å². The van der Waals surface area contributed by atoms with Crippen LogP contribution in [0.1, 0.15) is 0 Å². The van der Waals surface area contributed by atoms with E-state index in [1.807, 2.05) is 28.7 Å². The van der Waals surface area contributed by atoms with Crippen LogP contribution in [0, 0.1) is 0 Å². The minimum atomic E-state index is 0.864. The Labute approximate surface area is 110 Å². The SMILES string of the molecule is Brc1cnc2c3cccnc3c3cccnc3n12. The molecule has 0 aromatic carbocycles. The summed E-state index contributed by atoms with van der Waals surface area (Å²) in [4.78, 5) is 13.3. The van der Waals surface area contributed by atoms with Crippen LogP contribution in [0.3, 0.4) is 0 Å². The second-order valence-electron chi connectivity index (χ2n) is 4.01. The molecule has 0 spiro atoms. The number of aromatic nitrogens is 4. The highest BCUT2D eigenvalue weighted by molar-refractivity contribution is 9.10. The topological polar surface area (TPSA) is 43.1 Å². The Hall–Kier alpha value is -2.01. The number of halogens is 1. The standard InChI is InChI=1S/C13H7BrN4/c14-10-7-17-13-9-3-1-5-15-11(9)8-4-2-6-16-12(8)18(10)13/h1-7H. The van der Waals surface area contributed by atoms with Gasteiger partial charge in [0, 0.05) is 23.2 Å². The molecule has 0 aliphatic carbocycles. The fourth-order valence-corrected chi connectivity index (χ4v) is 2.72. The van der Waals surface area contributed by atoms with E-state index in [-0.39, 0.29) is 0 Å². The number of imidazole rings is 1. The highest BCUT2D eigenvalue weighted by Crippen LogP contribution is 2.28. The second-order valence-corrected chi connectivity index (χ2v) is 4.83. The summed E-state index contributed by atoms with van der Waals surface area (Å²) in [6, 6.07) is 7.91. The van der Waals surface area contributed by atoms with Gasteiger partial charge < -0.3 is 0 Å². The van der Waals surface area contributed by atoms with Gasteiger partial charge in [0.05, 0.1) is 11.7 Å². The quantitative estimate of drug-likeness (QED) is 0.468. The van der Waals surface area contributed by atoms with E-state index in [4.69, 9.17) is 0 Å². The molecule has 0 bridgehead atoms. The summed E-state index contributed by atoms with van der Waals surface area (Å²) in [6.07, 6.45) is 5.36. The molecule has 4 aromatic heterocycles. The van der Waals surface area contributed by atoms with Crippen molar-refractivity contribution >= 4 is 43.5 Å². The van der Waals surface area contributed by atoms with Crippen LogP contribution in [-0.2, 0) is 0 Å². The van der Waals surface area contributed by atoms with E-state index in [1.54, 1.807) is 18.6 Å². The maximum Gasteiger partial charge on any atom is 0.148 e. The maximum atomic E-state index is 4.46. The molecule has 4 heterocycles. The molecule has 0 radical (unpaired) electrons. The molecule has 5 heteroatoms. The Morgan fingerprint density at radius 2 is 1.56 bits per heavy atom. The van der Waals surface area contributed by atoms with Crippen molar-refractivity contribution < 1.29 is 0 Å². The van der Waals surface area contributed by atoms with Crippen LogP contribution in [0.2, 0.25) is 0 Å². The fraction of sp³-hybridized carbons (Fsp3) is 0. The van der Waals surface area contributed by atoms with Crippen molar-refractivity contribution in [2.45, 2.75) is 0 Å². The predicted octanol–water partition coefficient (Wildman–Crippen LogP) is 3.19. The Balaban J connectivity index is 2.48. The third-order valence-electron chi connectivity index (χ3n) is 3.02. The number of nitrogens with zero attached hydrogens (tertiary/aromatic N) is 4. The third-order valence-corrected chi connectivity index (χ3v) is 3.58. The molecule has 0 unspecified atom stereocenters. The second kappa shape index (κ2) is 3.49. The van der Waals surface area contributed by atoms with E-state index >= 15 is 0 Å². The van der Waals surface area contributed by atoms with Crippen molar-refractivity contribution in [3.63, 3.8) is 0 Å². The summed E-state index contributed by atoms with van der Waals surface area (Å²) < 4.78 is 2.89. The Kier molecular flexibility index (Phi) is 1.93.